The zero-order valence-electron chi connectivity index (χ0n) is 20.5. The molecule has 34 heavy (non-hydrogen) atoms. The first-order valence-corrected chi connectivity index (χ1v) is 12.2. The van der Waals surface area contributed by atoms with Crippen LogP contribution in [0, 0.1) is 5.92 Å². The number of H-pyrrole nitrogens is 1. The highest BCUT2D eigenvalue weighted by molar-refractivity contribution is 5.94. The molecule has 1 N–H and O–H groups in total. The molecule has 3 amide bonds. The Bertz CT molecular complexity index is 1060. The number of likely N-dealkylation sites (N-methyl/N-ethyl adjacent to an activating group) is 1. The van der Waals surface area contributed by atoms with Crippen LogP contribution in [-0.4, -0.2) is 83.7 Å². The molecule has 4 aliphatic rings. The number of piperidine rings is 1. The SMILES string of the molecule is CCN1C(=O)N2CC3=C(C(OC)CC(OC)=C3)[C@@H](C)C=C2C12CCN(C(=O)c1cc[nH]c1)CC2. The van der Waals surface area contributed by atoms with Crippen molar-refractivity contribution in [2.75, 3.05) is 40.4 Å². The van der Waals surface area contributed by atoms with Gasteiger partial charge in [0.1, 0.15) is 0 Å². The lowest BCUT2D eigenvalue weighted by atomic mass is 9.81. The van der Waals surface area contributed by atoms with Crippen molar-refractivity contribution in [2.45, 2.75) is 44.8 Å². The fourth-order valence-corrected chi connectivity index (χ4v) is 6.31. The second kappa shape index (κ2) is 8.65. The summed E-state index contributed by atoms with van der Waals surface area (Å²) >= 11 is 0. The first-order chi connectivity index (χ1) is 16.4. The fraction of sp³-hybridized carbons (Fsp3) is 0.538. The van der Waals surface area contributed by atoms with Gasteiger partial charge >= 0.3 is 6.03 Å². The van der Waals surface area contributed by atoms with Crippen molar-refractivity contribution in [1.29, 1.82) is 0 Å². The summed E-state index contributed by atoms with van der Waals surface area (Å²) in [5.74, 6) is 1.06. The minimum Gasteiger partial charge on any atom is -0.501 e. The third-order valence-corrected chi connectivity index (χ3v) is 8.00. The van der Waals surface area contributed by atoms with Crippen molar-refractivity contribution in [3.63, 3.8) is 0 Å². The minimum absolute atomic E-state index is 0.0424. The molecule has 0 radical (unpaired) electrons. The van der Waals surface area contributed by atoms with Crippen LogP contribution in [0.5, 0.6) is 0 Å². The van der Waals surface area contributed by atoms with Gasteiger partial charge in [-0.15, -0.1) is 0 Å². The Balaban J connectivity index is 1.48. The molecule has 182 valence electrons. The van der Waals surface area contributed by atoms with Crippen LogP contribution in [-0.2, 0) is 9.47 Å². The number of nitrogens with zero attached hydrogens (tertiary/aromatic N) is 3. The molecule has 5 rings (SSSR count). The van der Waals surface area contributed by atoms with Gasteiger partial charge in [0.05, 0.1) is 36.6 Å². The molecule has 2 fully saturated rings. The lowest BCUT2D eigenvalue weighted by Crippen LogP contribution is -2.54. The Morgan fingerprint density at radius 1 is 1.26 bits per heavy atom. The molecule has 0 saturated carbocycles. The quantitative estimate of drug-likeness (QED) is 0.737. The summed E-state index contributed by atoms with van der Waals surface area (Å²) in [6.45, 7) is 6.63. The van der Waals surface area contributed by atoms with Gasteiger partial charge in [-0.1, -0.05) is 13.0 Å². The van der Waals surface area contributed by atoms with Crippen molar-refractivity contribution in [2.24, 2.45) is 5.92 Å². The number of carbonyl (C=O) groups is 2. The maximum absolute atomic E-state index is 13.7. The average Bonchev–Trinajstić information content (AvgIpc) is 3.42. The van der Waals surface area contributed by atoms with Crippen LogP contribution in [0.3, 0.4) is 0 Å². The van der Waals surface area contributed by atoms with Crippen LogP contribution >= 0.6 is 0 Å². The van der Waals surface area contributed by atoms with Gasteiger partial charge < -0.3 is 24.3 Å². The maximum Gasteiger partial charge on any atom is 0.325 e. The van der Waals surface area contributed by atoms with Crippen LogP contribution in [0.25, 0.3) is 0 Å². The van der Waals surface area contributed by atoms with Crippen molar-refractivity contribution < 1.29 is 19.1 Å². The molecule has 1 aliphatic carbocycles. The second-order valence-corrected chi connectivity index (χ2v) is 9.60. The smallest absolute Gasteiger partial charge is 0.325 e. The average molecular weight is 467 g/mol. The monoisotopic (exact) mass is 466 g/mol. The molecule has 0 aromatic carbocycles. The molecule has 2 atom stereocenters. The minimum atomic E-state index is -0.389. The lowest BCUT2D eigenvalue weighted by molar-refractivity contribution is 0.0575. The molecule has 1 aromatic rings. The molecule has 2 saturated heterocycles. The van der Waals surface area contributed by atoms with E-state index in [4.69, 9.17) is 9.47 Å². The van der Waals surface area contributed by atoms with Crippen molar-refractivity contribution in [3.05, 3.63) is 58.8 Å². The van der Waals surface area contributed by atoms with Gasteiger partial charge in [0.15, 0.2) is 0 Å². The number of urea groups is 1. The van der Waals surface area contributed by atoms with Gasteiger partial charge in [-0.05, 0) is 43.1 Å². The van der Waals surface area contributed by atoms with Gasteiger partial charge in [-0.2, -0.15) is 0 Å². The van der Waals surface area contributed by atoms with Gasteiger partial charge in [0.25, 0.3) is 5.91 Å². The van der Waals surface area contributed by atoms with Crippen molar-refractivity contribution >= 4 is 11.9 Å². The first kappa shape index (κ1) is 22.8. The number of aromatic nitrogens is 1. The van der Waals surface area contributed by atoms with E-state index in [1.165, 1.54) is 5.57 Å². The molecule has 8 heteroatoms. The Morgan fingerprint density at radius 2 is 2.03 bits per heavy atom. The van der Waals surface area contributed by atoms with E-state index in [-0.39, 0.29) is 29.5 Å². The number of allylic oxidation sites excluding steroid dienone is 1. The number of rotatable bonds is 4. The molecule has 0 bridgehead atoms. The lowest BCUT2D eigenvalue weighted by Gasteiger charge is -2.44. The van der Waals surface area contributed by atoms with E-state index in [2.05, 4.69) is 24.1 Å². The summed E-state index contributed by atoms with van der Waals surface area (Å²) in [5, 5.41) is 0. The van der Waals surface area contributed by atoms with Gasteiger partial charge in [-0.3, -0.25) is 9.69 Å². The molecule has 8 nitrogen and oxygen atoms in total. The molecule has 1 aromatic heterocycles. The summed E-state index contributed by atoms with van der Waals surface area (Å²) < 4.78 is 11.4. The van der Waals surface area contributed by atoms with Crippen molar-refractivity contribution in [1.82, 2.24) is 19.7 Å². The highest BCUT2D eigenvalue weighted by atomic mass is 16.5. The predicted molar refractivity (Wildman–Crippen MR) is 128 cm³/mol. The molecule has 1 unspecified atom stereocenters. The topological polar surface area (TPSA) is 78.1 Å². The molecule has 3 aliphatic heterocycles. The Kier molecular flexibility index (Phi) is 5.80. The summed E-state index contributed by atoms with van der Waals surface area (Å²) in [5.41, 5.74) is 3.71. The second-order valence-electron chi connectivity index (χ2n) is 9.60. The maximum atomic E-state index is 13.7. The number of hydrogen-bond acceptors (Lipinski definition) is 4. The number of carbonyl (C=O) groups excluding carboxylic acids is 2. The standard InChI is InChI=1S/C26H34N4O4/c1-5-30-25(32)29-16-19-13-20(33-3)14-21(34-4)23(19)17(2)12-22(29)26(30)7-10-28(11-8-26)24(31)18-6-9-27-15-18/h6,9,12-13,15,17,21,27H,5,7-8,10-11,14,16H2,1-4H3/t17-,21?/m0/s1. The van der Waals surface area contributed by atoms with Gasteiger partial charge in [-0.25, -0.2) is 4.79 Å². The van der Waals surface area contributed by atoms with E-state index in [9.17, 15) is 9.59 Å². The number of nitrogens with one attached hydrogen (secondary N) is 1. The largest absolute Gasteiger partial charge is 0.501 e. The van der Waals surface area contributed by atoms with E-state index in [1.54, 1.807) is 26.6 Å². The summed E-state index contributed by atoms with van der Waals surface area (Å²) in [6.07, 6.45) is 9.98. The fourth-order valence-electron chi connectivity index (χ4n) is 6.31. The third kappa shape index (κ3) is 3.38. The normalized spacial score (nSPS) is 26.2. The van der Waals surface area contributed by atoms with Crippen LogP contribution in [0.2, 0.25) is 0 Å². The highest BCUT2D eigenvalue weighted by Crippen LogP contribution is 2.47. The van der Waals surface area contributed by atoms with E-state index < -0.39 is 0 Å². The van der Waals surface area contributed by atoms with E-state index in [0.717, 1.165) is 29.9 Å². The number of amides is 3. The summed E-state index contributed by atoms with van der Waals surface area (Å²) in [4.78, 5) is 35.5. The number of fused-ring (bicyclic) bond motifs is 2. The molecular weight excluding hydrogens is 432 g/mol. The number of hydrogen-bond donors (Lipinski definition) is 1. The van der Waals surface area contributed by atoms with Crippen LogP contribution in [0.15, 0.2) is 53.2 Å². The highest BCUT2D eigenvalue weighted by Gasteiger charge is 2.55. The van der Waals surface area contributed by atoms with Gasteiger partial charge in [0.2, 0.25) is 0 Å². The van der Waals surface area contributed by atoms with Crippen molar-refractivity contribution in [3.8, 4) is 0 Å². The Morgan fingerprint density at radius 3 is 2.65 bits per heavy atom. The van der Waals surface area contributed by atoms with E-state index in [1.807, 2.05) is 27.7 Å². The summed E-state index contributed by atoms with van der Waals surface area (Å²) in [7, 11) is 3.42. The molecular formula is C26H34N4O4. The zero-order valence-corrected chi connectivity index (χ0v) is 20.5. The first-order valence-electron chi connectivity index (χ1n) is 12.2. The zero-order chi connectivity index (χ0) is 24.0. The third-order valence-electron chi connectivity index (χ3n) is 8.00. The van der Waals surface area contributed by atoms with Crippen LogP contribution in [0.1, 0.15) is 43.5 Å². The number of methoxy groups -OCH3 is 2. The van der Waals surface area contributed by atoms with E-state index in [0.29, 0.717) is 38.2 Å². The number of likely N-dealkylation sites (tertiary alicyclic amines) is 1. The van der Waals surface area contributed by atoms with E-state index >= 15 is 0 Å². The predicted octanol–water partition coefficient (Wildman–Crippen LogP) is 3.53. The van der Waals surface area contributed by atoms with Crippen LogP contribution < -0.4 is 0 Å². The number of ether oxygens (including phenoxy) is 2. The Labute approximate surface area is 200 Å². The van der Waals surface area contributed by atoms with Gasteiger partial charge in [0, 0.05) is 57.2 Å². The number of aromatic amines is 1. The van der Waals surface area contributed by atoms with Crippen LogP contribution in [0.4, 0.5) is 4.79 Å². The molecule has 1 spiro atoms. The Hall–Kier alpha value is -3.00. The molecule has 4 heterocycles. The summed E-state index contributed by atoms with van der Waals surface area (Å²) in [6, 6.07) is 1.86.